The summed E-state index contributed by atoms with van der Waals surface area (Å²) in [7, 11) is 1.54. The van der Waals surface area contributed by atoms with Gasteiger partial charge in [0.1, 0.15) is 6.04 Å². The number of aliphatic carboxylic acids is 1. The predicted molar refractivity (Wildman–Crippen MR) is 51.9 cm³/mol. The van der Waals surface area contributed by atoms with Crippen LogP contribution in [-0.4, -0.2) is 36.7 Å². The minimum atomic E-state index is -0.982. The number of carboxylic acids is 1. The summed E-state index contributed by atoms with van der Waals surface area (Å²) in [6.45, 7) is 0.534. The number of nitrogens with two attached hydrogens (primary N) is 1. The summed E-state index contributed by atoms with van der Waals surface area (Å²) in [5.41, 5.74) is 5.29. The Kier molecular flexibility index (Phi) is 6.47. The van der Waals surface area contributed by atoms with Crippen molar-refractivity contribution >= 4 is 12.0 Å². The Balaban J connectivity index is 3.30. The first-order valence-corrected chi connectivity index (χ1v) is 4.52. The van der Waals surface area contributed by atoms with Gasteiger partial charge < -0.3 is 21.5 Å². The second-order valence-corrected chi connectivity index (χ2v) is 2.95. The van der Waals surface area contributed by atoms with Crippen molar-refractivity contribution in [2.45, 2.75) is 25.3 Å². The number of unbranched alkanes of at least 4 members (excludes halogenated alkanes) is 1. The van der Waals surface area contributed by atoms with Crippen LogP contribution in [0.15, 0.2) is 0 Å². The zero-order valence-corrected chi connectivity index (χ0v) is 8.25. The molecule has 14 heavy (non-hydrogen) atoms. The van der Waals surface area contributed by atoms with E-state index in [-0.39, 0.29) is 6.03 Å². The molecule has 0 saturated heterocycles. The maximum atomic E-state index is 10.7. The van der Waals surface area contributed by atoms with E-state index >= 15 is 0 Å². The van der Waals surface area contributed by atoms with Crippen LogP contribution in [0, 0.1) is 0 Å². The van der Waals surface area contributed by atoms with E-state index in [1.807, 2.05) is 0 Å². The van der Waals surface area contributed by atoms with Crippen LogP contribution in [0.4, 0.5) is 4.79 Å². The van der Waals surface area contributed by atoms with Gasteiger partial charge in [-0.25, -0.2) is 4.79 Å². The van der Waals surface area contributed by atoms with Crippen molar-refractivity contribution in [3.05, 3.63) is 0 Å². The van der Waals surface area contributed by atoms with Crippen molar-refractivity contribution in [2.75, 3.05) is 13.6 Å². The standard InChI is InChI=1S/C8H17N3O3/c1-10-8(14)11-5-3-2-4-6(9)7(12)13/h6H,2-5,9H2,1H3,(H,12,13)(H2,10,11,14). The molecule has 0 spiro atoms. The van der Waals surface area contributed by atoms with Gasteiger partial charge in [0.15, 0.2) is 0 Å². The molecule has 0 aliphatic heterocycles. The number of rotatable bonds is 6. The lowest BCUT2D eigenvalue weighted by atomic mass is 10.1. The van der Waals surface area contributed by atoms with E-state index in [9.17, 15) is 9.59 Å². The maximum Gasteiger partial charge on any atom is 0.320 e. The van der Waals surface area contributed by atoms with E-state index < -0.39 is 12.0 Å². The monoisotopic (exact) mass is 203 g/mol. The van der Waals surface area contributed by atoms with Gasteiger partial charge in [-0.2, -0.15) is 0 Å². The molecule has 0 aromatic carbocycles. The van der Waals surface area contributed by atoms with E-state index in [0.717, 1.165) is 6.42 Å². The van der Waals surface area contributed by atoms with E-state index in [2.05, 4.69) is 10.6 Å². The number of hydrogen-bond acceptors (Lipinski definition) is 3. The van der Waals surface area contributed by atoms with Crippen molar-refractivity contribution in [1.29, 1.82) is 0 Å². The van der Waals surface area contributed by atoms with Gasteiger partial charge in [0.05, 0.1) is 0 Å². The zero-order valence-electron chi connectivity index (χ0n) is 8.25. The van der Waals surface area contributed by atoms with Crippen molar-refractivity contribution in [3.63, 3.8) is 0 Å². The lowest BCUT2D eigenvalue weighted by Crippen LogP contribution is -2.33. The predicted octanol–water partition coefficient (Wildman–Crippen LogP) is -0.502. The minimum absolute atomic E-state index is 0.229. The van der Waals surface area contributed by atoms with Crippen LogP contribution in [0.25, 0.3) is 0 Å². The third-order valence-corrected chi connectivity index (χ3v) is 1.77. The SMILES string of the molecule is CNC(=O)NCCCCC(N)C(=O)O. The fraction of sp³-hybridized carbons (Fsp3) is 0.750. The third-order valence-electron chi connectivity index (χ3n) is 1.77. The summed E-state index contributed by atoms with van der Waals surface area (Å²) < 4.78 is 0. The lowest BCUT2D eigenvalue weighted by molar-refractivity contribution is -0.138. The Morgan fingerprint density at radius 2 is 2.07 bits per heavy atom. The average molecular weight is 203 g/mol. The summed E-state index contributed by atoms with van der Waals surface area (Å²) in [6.07, 6.45) is 1.86. The second-order valence-electron chi connectivity index (χ2n) is 2.95. The molecule has 82 valence electrons. The van der Waals surface area contributed by atoms with E-state index in [4.69, 9.17) is 10.8 Å². The van der Waals surface area contributed by atoms with Gasteiger partial charge in [-0.1, -0.05) is 0 Å². The zero-order chi connectivity index (χ0) is 11.0. The van der Waals surface area contributed by atoms with Gasteiger partial charge in [0, 0.05) is 13.6 Å². The molecule has 0 rings (SSSR count). The molecular weight excluding hydrogens is 186 g/mol. The fourth-order valence-corrected chi connectivity index (χ4v) is 0.903. The Hall–Kier alpha value is -1.30. The number of nitrogens with one attached hydrogen (secondary N) is 2. The molecule has 1 unspecified atom stereocenters. The molecular formula is C8H17N3O3. The Morgan fingerprint density at radius 1 is 1.43 bits per heavy atom. The molecule has 0 aromatic rings. The molecule has 0 fully saturated rings. The van der Waals surface area contributed by atoms with Crippen molar-refractivity contribution in [3.8, 4) is 0 Å². The first kappa shape index (κ1) is 12.7. The van der Waals surface area contributed by atoms with Crippen LogP contribution in [0.5, 0.6) is 0 Å². The summed E-state index contributed by atoms with van der Waals surface area (Å²) in [6, 6.07) is -1.03. The molecule has 0 aliphatic rings. The third kappa shape index (κ3) is 6.24. The van der Waals surface area contributed by atoms with Crippen LogP contribution in [0.1, 0.15) is 19.3 Å². The highest BCUT2D eigenvalue weighted by atomic mass is 16.4. The van der Waals surface area contributed by atoms with E-state index in [0.29, 0.717) is 19.4 Å². The topological polar surface area (TPSA) is 104 Å². The molecule has 2 amide bonds. The summed E-state index contributed by atoms with van der Waals surface area (Å²) in [5.74, 6) is -0.982. The fourth-order valence-electron chi connectivity index (χ4n) is 0.903. The van der Waals surface area contributed by atoms with Crippen molar-refractivity contribution in [2.24, 2.45) is 5.73 Å². The molecule has 0 bridgehead atoms. The minimum Gasteiger partial charge on any atom is -0.480 e. The summed E-state index contributed by atoms with van der Waals surface area (Å²) >= 11 is 0. The number of amides is 2. The number of carbonyl (C=O) groups excluding carboxylic acids is 1. The summed E-state index contributed by atoms with van der Waals surface area (Å²) in [5, 5.41) is 13.5. The highest BCUT2D eigenvalue weighted by Crippen LogP contribution is 1.97. The van der Waals surface area contributed by atoms with Crippen LogP contribution < -0.4 is 16.4 Å². The second kappa shape index (κ2) is 7.14. The number of carboxylic acid groups (broad SMARTS) is 1. The Morgan fingerprint density at radius 3 is 2.57 bits per heavy atom. The molecule has 6 heteroatoms. The molecule has 5 N–H and O–H groups in total. The Bertz CT molecular complexity index is 196. The molecule has 6 nitrogen and oxygen atoms in total. The number of hydrogen-bond donors (Lipinski definition) is 4. The van der Waals surface area contributed by atoms with Gasteiger partial charge in [-0.15, -0.1) is 0 Å². The van der Waals surface area contributed by atoms with Gasteiger partial charge in [-0.3, -0.25) is 4.79 Å². The Labute approximate surface area is 82.9 Å². The van der Waals surface area contributed by atoms with Gasteiger partial charge >= 0.3 is 12.0 Å². The summed E-state index contributed by atoms with van der Waals surface area (Å²) in [4.78, 5) is 21.0. The van der Waals surface area contributed by atoms with Crippen LogP contribution in [0.3, 0.4) is 0 Å². The van der Waals surface area contributed by atoms with Crippen LogP contribution in [0.2, 0.25) is 0 Å². The number of carbonyl (C=O) groups is 2. The normalized spacial score (nSPS) is 11.9. The van der Waals surface area contributed by atoms with Gasteiger partial charge in [-0.05, 0) is 19.3 Å². The molecule has 0 aliphatic carbocycles. The molecule has 1 atom stereocenters. The quantitative estimate of drug-likeness (QED) is 0.437. The smallest absolute Gasteiger partial charge is 0.320 e. The van der Waals surface area contributed by atoms with Crippen LogP contribution in [-0.2, 0) is 4.79 Å². The lowest BCUT2D eigenvalue weighted by Gasteiger charge is -2.06. The maximum absolute atomic E-state index is 10.7. The highest BCUT2D eigenvalue weighted by Gasteiger charge is 2.09. The first-order valence-electron chi connectivity index (χ1n) is 4.52. The first-order chi connectivity index (χ1) is 6.57. The van der Waals surface area contributed by atoms with Crippen molar-refractivity contribution in [1.82, 2.24) is 10.6 Å². The van der Waals surface area contributed by atoms with E-state index in [1.54, 1.807) is 0 Å². The highest BCUT2D eigenvalue weighted by molar-refractivity contribution is 5.73. The van der Waals surface area contributed by atoms with Crippen molar-refractivity contribution < 1.29 is 14.7 Å². The van der Waals surface area contributed by atoms with E-state index in [1.165, 1.54) is 7.05 Å². The molecule has 0 heterocycles. The van der Waals surface area contributed by atoms with Gasteiger partial charge in [0.25, 0.3) is 0 Å². The average Bonchev–Trinajstić information content (AvgIpc) is 2.16. The molecule has 0 saturated carbocycles. The largest absolute Gasteiger partial charge is 0.480 e. The molecule has 0 aromatic heterocycles. The molecule has 0 radical (unpaired) electrons. The van der Waals surface area contributed by atoms with Crippen LogP contribution >= 0.6 is 0 Å². The number of urea groups is 1. The van der Waals surface area contributed by atoms with Gasteiger partial charge in [0.2, 0.25) is 0 Å².